The van der Waals surface area contributed by atoms with Gasteiger partial charge in [0.15, 0.2) is 16.6 Å². The molecule has 0 saturated heterocycles. The Hall–Kier alpha value is -2.75. The number of ether oxygens (including phenoxy) is 4. The molecule has 0 bridgehead atoms. The molecule has 204 valence electrons. The molecule has 0 N–H and O–H groups in total. The zero-order chi connectivity index (χ0) is 26.1. The summed E-state index contributed by atoms with van der Waals surface area (Å²) >= 11 is 1.47. The first-order valence-electron chi connectivity index (χ1n) is 12.5. The van der Waals surface area contributed by atoms with Crippen molar-refractivity contribution in [1.29, 1.82) is 0 Å². The van der Waals surface area contributed by atoms with Gasteiger partial charge in [0, 0.05) is 18.7 Å². The highest BCUT2D eigenvalue weighted by Crippen LogP contribution is 2.40. The van der Waals surface area contributed by atoms with Crippen molar-refractivity contribution in [2.75, 3.05) is 58.0 Å². The number of rotatable bonds is 14. The molecule has 3 rings (SSSR count). The maximum Gasteiger partial charge on any atom is 0.260 e. The van der Waals surface area contributed by atoms with Crippen molar-refractivity contribution in [3.8, 4) is 23.0 Å². The molecule has 0 aliphatic carbocycles. The smallest absolute Gasteiger partial charge is 0.260 e. The Balaban J connectivity index is 0.00000481. The third kappa shape index (κ3) is 7.40. The number of nitrogens with zero attached hydrogens (tertiary/aromatic N) is 3. The second-order valence-corrected chi connectivity index (χ2v) is 8.92. The van der Waals surface area contributed by atoms with Gasteiger partial charge < -0.3 is 23.8 Å². The molecule has 0 radical (unpaired) electrons. The zero-order valence-corrected chi connectivity index (χ0v) is 24.2. The number of benzene rings is 2. The molecule has 1 aromatic heterocycles. The lowest BCUT2D eigenvalue weighted by atomic mass is 10.1. The van der Waals surface area contributed by atoms with E-state index in [9.17, 15) is 4.79 Å². The fraction of sp³-hybridized carbons (Fsp3) is 0.481. The van der Waals surface area contributed by atoms with Gasteiger partial charge in [-0.15, -0.1) is 12.4 Å². The molecule has 0 unspecified atom stereocenters. The van der Waals surface area contributed by atoms with E-state index >= 15 is 0 Å². The summed E-state index contributed by atoms with van der Waals surface area (Å²) in [5.74, 6) is 2.09. The maximum absolute atomic E-state index is 14.0. The van der Waals surface area contributed by atoms with Gasteiger partial charge in [-0.05, 0) is 64.2 Å². The summed E-state index contributed by atoms with van der Waals surface area (Å²) in [6, 6.07) is 9.21. The molecule has 0 fully saturated rings. The summed E-state index contributed by atoms with van der Waals surface area (Å²) < 4.78 is 23.8. The second kappa shape index (κ2) is 14.9. The van der Waals surface area contributed by atoms with E-state index < -0.39 is 0 Å². The minimum absolute atomic E-state index is 0. The Labute approximate surface area is 229 Å². The number of thiazole rings is 1. The van der Waals surface area contributed by atoms with Gasteiger partial charge >= 0.3 is 0 Å². The molecule has 0 spiro atoms. The number of likely N-dealkylation sites (N-methyl/N-ethyl adjacent to an activating group) is 1. The summed E-state index contributed by atoms with van der Waals surface area (Å²) in [7, 11) is 1.64. The minimum atomic E-state index is -0.168. The van der Waals surface area contributed by atoms with E-state index in [1.165, 1.54) is 11.3 Å². The molecule has 2 aromatic carbocycles. The normalized spacial score (nSPS) is 10.8. The van der Waals surface area contributed by atoms with Gasteiger partial charge in [-0.3, -0.25) is 9.69 Å². The fourth-order valence-corrected chi connectivity index (χ4v) is 4.89. The Morgan fingerprint density at radius 2 is 1.51 bits per heavy atom. The van der Waals surface area contributed by atoms with Crippen molar-refractivity contribution >= 4 is 45.0 Å². The van der Waals surface area contributed by atoms with Crippen molar-refractivity contribution in [2.45, 2.75) is 34.6 Å². The highest BCUT2D eigenvalue weighted by atomic mass is 35.5. The summed E-state index contributed by atoms with van der Waals surface area (Å²) in [6.45, 7) is 14.3. The van der Waals surface area contributed by atoms with Gasteiger partial charge in [-0.1, -0.05) is 25.2 Å². The number of halogens is 1. The largest absolute Gasteiger partial charge is 0.497 e. The summed E-state index contributed by atoms with van der Waals surface area (Å²) in [4.78, 5) is 22.8. The van der Waals surface area contributed by atoms with Crippen LogP contribution in [-0.4, -0.2) is 68.9 Å². The highest BCUT2D eigenvalue weighted by Gasteiger charge is 2.25. The van der Waals surface area contributed by atoms with Crippen LogP contribution in [0.1, 0.15) is 45.0 Å². The Bertz CT molecular complexity index is 1130. The first kappa shape index (κ1) is 30.5. The molecule has 0 atom stereocenters. The van der Waals surface area contributed by atoms with E-state index in [-0.39, 0.29) is 18.3 Å². The third-order valence-electron chi connectivity index (χ3n) is 5.75. The van der Waals surface area contributed by atoms with Crippen molar-refractivity contribution in [2.24, 2.45) is 0 Å². The van der Waals surface area contributed by atoms with E-state index in [1.54, 1.807) is 24.1 Å². The van der Waals surface area contributed by atoms with E-state index in [2.05, 4.69) is 18.7 Å². The highest BCUT2D eigenvalue weighted by molar-refractivity contribution is 7.22. The SMILES string of the molecule is CCOc1cc(C(=O)N(CCN(CC)CC)c2nc3ccc(OC)cc3s2)cc(OCC)c1OCC.Cl. The third-order valence-corrected chi connectivity index (χ3v) is 6.79. The van der Waals surface area contributed by atoms with Crippen LogP contribution in [-0.2, 0) is 0 Å². The molecule has 3 aromatic rings. The Morgan fingerprint density at radius 1 is 0.892 bits per heavy atom. The molecule has 1 amide bonds. The van der Waals surface area contributed by atoms with Crippen LogP contribution in [0.3, 0.4) is 0 Å². The van der Waals surface area contributed by atoms with Gasteiger partial charge in [0.1, 0.15) is 5.75 Å². The van der Waals surface area contributed by atoms with Crippen LogP contribution in [0.2, 0.25) is 0 Å². The van der Waals surface area contributed by atoms with E-state index in [1.807, 2.05) is 39.0 Å². The standard InChI is InChI=1S/C27H37N3O5S.ClH/c1-7-29(8-2)14-15-30(27-28-21-13-12-20(32-6)18-24(21)36-27)26(31)19-16-22(33-9-3)25(35-11-5)23(17-19)34-10-4;/h12-13,16-18H,7-11,14-15H2,1-6H3;1H. The van der Waals surface area contributed by atoms with Gasteiger partial charge in [-0.2, -0.15) is 0 Å². The average Bonchev–Trinajstić information content (AvgIpc) is 3.31. The van der Waals surface area contributed by atoms with Crippen LogP contribution < -0.4 is 23.8 Å². The van der Waals surface area contributed by atoms with Crippen LogP contribution in [0.5, 0.6) is 23.0 Å². The van der Waals surface area contributed by atoms with Crippen LogP contribution >= 0.6 is 23.7 Å². The number of carbonyl (C=O) groups excluding carboxylic acids is 1. The summed E-state index contributed by atoms with van der Waals surface area (Å²) in [5.41, 5.74) is 1.29. The van der Waals surface area contributed by atoms with Gasteiger partial charge in [0.05, 0.1) is 37.1 Å². The maximum atomic E-state index is 14.0. The molecule has 37 heavy (non-hydrogen) atoms. The van der Waals surface area contributed by atoms with Crippen molar-refractivity contribution in [3.63, 3.8) is 0 Å². The molecule has 0 saturated carbocycles. The zero-order valence-electron chi connectivity index (χ0n) is 22.5. The van der Waals surface area contributed by atoms with E-state index in [0.29, 0.717) is 54.3 Å². The number of carbonyl (C=O) groups is 1. The number of aromatic nitrogens is 1. The van der Waals surface area contributed by atoms with E-state index in [4.69, 9.17) is 23.9 Å². The number of fused-ring (bicyclic) bond motifs is 1. The Kier molecular flexibility index (Phi) is 12.2. The molecule has 1 heterocycles. The first-order chi connectivity index (χ1) is 17.5. The molecule has 0 aliphatic heterocycles. The van der Waals surface area contributed by atoms with Crippen molar-refractivity contribution in [3.05, 3.63) is 35.9 Å². The van der Waals surface area contributed by atoms with E-state index in [0.717, 1.165) is 35.6 Å². The van der Waals surface area contributed by atoms with Gasteiger partial charge in [0.2, 0.25) is 5.75 Å². The van der Waals surface area contributed by atoms with Crippen LogP contribution in [0.25, 0.3) is 10.2 Å². The molecule has 0 aliphatic rings. The number of amides is 1. The monoisotopic (exact) mass is 551 g/mol. The van der Waals surface area contributed by atoms with Gasteiger partial charge in [-0.25, -0.2) is 4.98 Å². The first-order valence-corrected chi connectivity index (χ1v) is 13.4. The quantitative estimate of drug-likeness (QED) is 0.246. The summed E-state index contributed by atoms with van der Waals surface area (Å²) in [6.07, 6.45) is 0. The number of anilines is 1. The molecular weight excluding hydrogens is 514 g/mol. The van der Waals surface area contributed by atoms with Crippen molar-refractivity contribution in [1.82, 2.24) is 9.88 Å². The second-order valence-electron chi connectivity index (χ2n) is 7.91. The predicted octanol–water partition coefficient (Wildman–Crippen LogP) is 5.91. The number of hydrogen-bond acceptors (Lipinski definition) is 8. The topological polar surface area (TPSA) is 73.4 Å². The minimum Gasteiger partial charge on any atom is -0.497 e. The van der Waals surface area contributed by atoms with Crippen LogP contribution in [0.4, 0.5) is 5.13 Å². The van der Waals surface area contributed by atoms with Crippen LogP contribution in [0.15, 0.2) is 30.3 Å². The number of hydrogen-bond donors (Lipinski definition) is 0. The van der Waals surface area contributed by atoms with Crippen molar-refractivity contribution < 1.29 is 23.7 Å². The lowest BCUT2D eigenvalue weighted by molar-refractivity contribution is 0.0982. The van der Waals surface area contributed by atoms with Crippen LogP contribution in [0, 0.1) is 0 Å². The predicted molar refractivity (Wildman–Crippen MR) is 153 cm³/mol. The molecule has 10 heteroatoms. The lowest BCUT2D eigenvalue weighted by Crippen LogP contribution is -2.38. The fourth-order valence-electron chi connectivity index (χ4n) is 3.87. The summed E-state index contributed by atoms with van der Waals surface area (Å²) in [5, 5.41) is 0.639. The Morgan fingerprint density at radius 3 is 2.05 bits per heavy atom. The lowest BCUT2D eigenvalue weighted by Gasteiger charge is -2.25. The molecule has 8 nitrogen and oxygen atoms in total. The molecular formula is C27H38ClN3O5S. The van der Waals surface area contributed by atoms with Gasteiger partial charge in [0.25, 0.3) is 5.91 Å². The number of methoxy groups -OCH3 is 1. The average molecular weight is 552 g/mol.